The molecule has 1 aliphatic rings. The second kappa shape index (κ2) is 9.28. The molecule has 0 spiro atoms. The average Bonchev–Trinajstić information content (AvgIpc) is 2.73. The first kappa shape index (κ1) is 19.0. The molecule has 6 nitrogen and oxygen atoms in total. The SMILES string of the molecule is COc1ccc(OC)c(NC(=O)N2CCN(CCc3ccccc3)CC2)c1. The summed E-state index contributed by atoms with van der Waals surface area (Å²) >= 11 is 0. The monoisotopic (exact) mass is 369 g/mol. The number of nitrogens with zero attached hydrogens (tertiary/aromatic N) is 2. The Balaban J connectivity index is 1.50. The van der Waals surface area contributed by atoms with E-state index in [1.165, 1.54) is 5.56 Å². The molecule has 27 heavy (non-hydrogen) atoms. The molecule has 1 aliphatic heterocycles. The summed E-state index contributed by atoms with van der Waals surface area (Å²) in [7, 11) is 3.19. The average molecular weight is 369 g/mol. The second-order valence-corrected chi connectivity index (χ2v) is 6.56. The van der Waals surface area contributed by atoms with Crippen molar-refractivity contribution in [2.45, 2.75) is 6.42 Å². The molecule has 3 rings (SSSR count). The highest BCUT2D eigenvalue weighted by Crippen LogP contribution is 2.29. The summed E-state index contributed by atoms with van der Waals surface area (Å²) in [5.74, 6) is 1.29. The molecular weight excluding hydrogens is 342 g/mol. The Bertz CT molecular complexity index is 744. The number of methoxy groups -OCH3 is 2. The van der Waals surface area contributed by atoms with Gasteiger partial charge in [-0.2, -0.15) is 0 Å². The summed E-state index contributed by atoms with van der Waals surface area (Å²) in [6.45, 7) is 4.22. The van der Waals surface area contributed by atoms with Crippen molar-refractivity contribution in [2.24, 2.45) is 0 Å². The number of urea groups is 1. The van der Waals surface area contributed by atoms with Crippen LogP contribution in [0, 0.1) is 0 Å². The minimum Gasteiger partial charge on any atom is -0.497 e. The van der Waals surface area contributed by atoms with E-state index in [1.54, 1.807) is 32.4 Å². The maximum absolute atomic E-state index is 12.6. The quantitative estimate of drug-likeness (QED) is 0.850. The van der Waals surface area contributed by atoms with Crippen LogP contribution in [-0.4, -0.2) is 62.8 Å². The van der Waals surface area contributed by atoms with E-state index in [4.69, 9.17) is 9.47 Å². The number of hydrogen-bond acceptors (Lipinski definition) is 4. The fourth-order valence-electron chi connectivity index (χ4n) is 3.21. The van der Waals surface area contributed by atoms with Gasteiger partial charge in [0, 0.05) is 38.8 Å². The Morgan fingerprint density at radius 2 is 1.74 bits per heavy atom. The number of piperazine rings is 1. The molecule has 6 heteroatoms. The molecular formula is C21H27N3O3. The zero-order valence-corrected chi connectivity index (χ0v) is 16.0. The number of hydrogen-bond donors (Lipinski definition) is 1. The molecule has 1 N–H and O–H groups in total. The maximum atomic E-state index is 12.6. The number of benzene rings is 2. The number of ether oxygens (including phenoxy) is 2. The first-order valence-electron chi connectivity index (χ1n) is 9.24. The number of amides is 2. The van der Waals surface area contributed by atoms with Gasteiger partial charge in [-0.3, -0.25) is 4.90 Å². The van der Waals surface area contributed by atoms with Gasteiger partial charge in [-0.05, 0) is 24.1 Å². The summed E-state index contributed by atoms with van der Waals surface area (Å²) in [6, 6.07) is 15.8. The van der Waals surface area contributed by atoms with Crippen molar-refractivity contribution in [3.05, 3.63) is 54.1 Å². The van der Waals surface area contributed by atoms with Crippen LogP contribution in [0.4, 0.5) is 10.5 Å². The first-order valence-corrected chi connectivity index (χ1v) is 9.24. The van der Waals surface area contributed by atoms with Crippen LogP contribution in [0.5, 0.6) is 11.5 Å². The van der Waals surface area contributed by atoms with Crippen LogP contribution in [0.1, 0.15) is 5.56 Å². The zero-order valence-electron chi connectivity index (χ0n) is 16.0. The van der Waals surface area contributed by atoms with Crippen molar-refractivity contribution >= 4 is 11.7 Å². The van der Waals surface area contributed by atoms with Crippen LogP contribution < -0.4 is 14.8 Å². The lowest BCUT2D eigenvalue weighted by Crippen LogP contribution is -2.50. The highest BCUT2D eigenvalue weighted by molar-refractivity contribution is 5.91. The van der Waals surface area contributed by atoms with Crippen molar-refractivity contribution in [2.75, 3.05) is 52.3 Å². The summed E-state index contributed by atoms with van der Waals surface area (Å²) in [6.07, 6.45) is 1.04. The molecule has 0 atom stereocenters. The molecule has 144 valence electrons. The van der Waals surface area contributed by atoms with Gasteiger partial charge in [0.05, 0.1) is 19.9 Å². The van der Waals surface area contributed by atoms with E-state index in [1.807, 2.05) is 11.0 Å². The molecule has 1 saturated heterocycles. The number of carbonyl (C=O) groups is 1. The van der Waals surface area contributed by atoms with E-state index in [2.05, 4.69) is 34.5 Å². The fourth-order valence-corrected chi connectivity index (χ4v) is 3.21. The smallest absolute Gasteiger partial charge is 0.322 e. The van der Waals surface area contributed by atoms with Crippen molar-refractivity contribution in [3.63, 3.8) is 0 Å². The van der Waals surface area contributed by atoms with Crippen molar-refractivity contribution in [1.82, 2.24) is 9.80 Å². The largest absolute Gasteiger partial charge is 0.497 e. The molecule has 0 aliphatic carbocycles. The normalized spacial score (nSPS) is 14.7. The van der Waals surface area contributed by atoms with Gasteiger partial charge in [0.15, 0.2) is 0 Å². The van der Waals surface area contributed by atoms with Crippen LogP contribution in [0.25, 0.3) is 0 Å². The molecule has 2 aromatic rings. The van der Waals surface area contributed by atoms with E-state index in [0.717, 1.165) is 26.1 Å². The number of carbonyl (C=O) groups excluding carboxylic acids is 1. The molecule has 2 aromatic carbocycles. The van der Waals surface area contributed by atoms with Crippen LogP contribution >= 0.6 is 0 Å². The summed E-state index contributed by atoms with van der Waals surface area (Å²) in [5.41, 5.74) is 1.97. The van der Waals surface area contributed by atoms with E-state index in [0.29, 0.717) is 30.3 Å². The Hall–Kier alpha value is -2.73. The minimum absolute atomic E-state index is 0.107. The third kappa shape index (κ3) is 5.14. The molecule has 0 aromatic heterocycles. The Kier molecular flexibility index (Phi) is 6.54. The molecule has 0 saturated carbocycles. The second-order valence-electron chi connectivity index (χ2n) is 6.56. The lowest BCUT2D eigenvalue weighted by Gasteiger charge is -2.34. The predicted octanol–water partition coefficient (Wildman–Crippen LogP) is 3.10. The first-order chi connectivity index (χ1) is 13.2. The van der Waals surface area contributed by atoms with E-state index >= 15 is 0 Å². The minimum atomic E-state index is -0.107. The van der Waals surface area contributed by atoms with Crippen LogP contribution in [0.3, 0.4) is 0 Å². The van der Waals surface area contributed by atoms with Crippen LogP contribution in [0.15, 0.2) is 48.5 Å². The fraction of sp³-hybridized carbons (Fsp3) is 0.381. The summed E-state index contributed by atoms with van der Waals surface area (Å²) < 4.78 is 10.6. The molecule has 2 amide bonds. The van der Waals surface area contributed by atoms with Gasteiger partial charge in [0.1, 0.15) is 11.5 Å². The van der Waals surface area contributed by atoms with Crippen LogP contribution in [0.2, 0.25) is 0 Å². The molecule has 0 bridgehead atoms. The van der Waals surface area contributed by atoms with Crippen molar-refractivity contribution in [1.29, 1.82) is 0 Å². The standard InChI is InChI=1S/C21H27N3O3/c1-26-18-8-9-20(27-2)19(16-18)22-21(25)24-14-12-23(13-15-24)11-10-17-6-4-3-5-7-17/h3-9,16H,10-15H2,1-2H3,(H,22,25). The zero-order chi connectivity index (χ0) is 19.1. The lowest BCUT2D eigenvalue weighted by atomic mass is 10.1. The molecule has 1 heterocycles. The van der Waals surface area contributed by atoms with Gasteiger partial charge in [0.2, 0.25) is 0 Å². The van der Waals surface area contributed by atoms with Gasteiger partial charge in [-0.15, -0.1) is 0 Å². The number of nitrogens with one attached hydrogen (secondary N) is 1. The van der Waals surface area contributed by atoms with E-state index < -0.39 is 0 Å². The molecule has 0 radical (unpaired) electrons. The highest BCUT2D eigenvalue weighted by atomic mass is 16.5. The third-order valence-corrected chi connectivity index (χ3v) is 4.87. The molecule has 1 fully saturated rings. The third-order valence-electron chi connectivity index (χ3n) is 4.87. The lowest BCUT2D eigenvalue weighted by molar-refractivity contribution is 0.148. The Morgan fingerprint density at radius 1 is 1.00 bits per heavy atom. The summed E-state index contributed by atoms with van der Waals surface area (Å²) in [5, 5.41) is 2.94. The number of anilines is 1. The predicted molar refractivity (Wildman–Crippen MR) is 107 cm³/mol. The Labute approximate surface area is 160 Å². The maximum Gasteiger partial charge on any atom is 0.322 e. The van der Waals surface area contributed by atoms with Gasteiger partial charge < -0.3 is 19.7 Å². The van der Waals surface area contributed by atoms with E-state index in [-0.39, 0.29) is 6.03 Å². The van der Waals surface area contributed by atoms with E-state index in [9.17, 15) is 4.79 Å². The molecule has 0 unspecified atom stereocenters. The van der Waals surface area contributed by atoms with Gasteiger partial charge in [-0.25, -0.2) is 4.79 Å². The van der Waals surface area contributed by atoms with Crippen LogP contribution in [-0.2, 0) is 6.42 Å². The topological polar surface area (TPSA) is 54.0 Å². The van der Waals surface area contributed by atoms with Crippen molar-refractivity contribution in [3.8, 4) is 11.5 Å². The Morgan fingerprint density at radius 3 is 2.41 bits per heavy atom. The van der Waals surface area contributed by atoms with Gasteiger partial charge in [0.25, 0.3) is 0 Å². The highest BCUT2D eigenvalue weighted by Gasteiger charge is 2.21. The van der Waals surface area contributed by atoms with Gasteiger partial charge in [-0.1, -0.05) is 30.3 Å². The number of rotatable bonds is 6. The van der Waals surface area contributed by atoms with Gasteiger partial charge >= 0.3 is 6.03 Å². The van der Waals surface area contributed by atoms with Crippen molar-refractivity contribution < 1.29 is 14.3 Å². The summed E-state index contributed by atoms with van der Waals surface area (Å²) in [4.78, 5) is 16.9.